The Morgan fingerprint density at radius 1 is 0.500 bits per heavy atom. The number of hydrogen-bond donors (Lipinski definition) is 0. The first-order valence-electron chi connectivity index (χ1n) is 9.04. The van der Waals surface area contributed by atoms with Crippen LogP contribution in [-0.2, 0) is 0 Å². The number of para-hydroxylation sites is 3. The van der Waals surface area contributed by atoms with Crippen LogP contribution in [0.3, 0.4) is 0 Å². The summed E-state index contributed by atoms with van der Waals surface area (Å²) in [6.07, 6.45) is 3.38. The summed E-state index contributed by atoms with van der Waals surface area (Å²) in [5.41, 5.74) is 3.14. The van der Waals surface area contributed by atoms with E-state index >= 15 is 0 Å². The van der Waals surface area contributed by atoms with Crippen LogP contribution < -0.4 is 9.80 Å². The number of anilines is 4. The first-order valence-corrected chi connectivity index (χ1v) is 9.04. The summed E-state index contributed by atoms with van der Waals surface area (Å²) in [5.74, 6) is 0. The minimum Gasteiger partial charge on any atom is -0.265 e. The topological polar surface area (TPSA) is 36.4 Å². The van der Waals surface area contributed by atoms with Crippen LogP contribution in [-0.4, -0.2) is 11.0 Å². The lowest BCUT2D eigenvalue weighted by molar-refractivity contribution is 0.255. The molecule has 0 atom stereocenters. The molecule has 0 bridgehead atoms. The first-order chi connectivity index (χ1) is 13.8. The monoisotopic (exact) mass is 365 g/mol. The maximum atomic E-state index is 13.9. The van der Waals surface area contributed by atoms with Crippen LogP contribution in [0.15, 0.2) is 116 Å². The van der Waals surface area contributed by atoms with Crippen LogP contribution in [0, 0.1) is 0 Å². The third-order valence-electron chi connectivity index (χ3n) is 4.35. The smallest absolute Gasteiger partial charge is 0.265 e. The van der Waals surface area contributed by atoms with Gasteiger partial charge in [0.05, 0.1) is 22.7 Å². The fraction of sp³-hybridized carbons (Fsp3) is 0. The van der Waals surface area contributed by atoms with Crippen molar-refractivity contribution in [2.24, 2.45) is 0 Å². The Morgan fingerprint density at radius 3 is 1.18 bits per heavy atom. The molecule has 0 saturated carbocycles. The highest BCUT2D eigenvalue weighted by molar-refractivity contribution is 6.12. The Bertz CT molecular complexity index is 858. The summed E-state index contributed by atoms with van der Waals surface area (Å²) in [6, 6.07) is 32.4. The standard InChI is InChI=1S/C24H19N3O/c28-24(26(20-10-4-1-5-11-20)21-12-6-2-7-13-21)27(22-14-8-3-9-15-22)23-16-18-25-19-17-23/h1-19H. The molecule has 2 amide bonds. The average molecular weight is 365 g/mol. The van der Waals surface area contributed by atoms with Crippen molar-refractivity contribution < 1.29 is 4.79 Å². The van der Waals surface area contributed by atoms with Gasteiger partial charge in [-0.25, -0.2) is 4.79 Å². The SMILES string of the molecule is O=C(N(c1ccccc1)c1ccccc1)N(c1ccccc1)c1ccncc1. The largest absolute Gasteiger partial charge is 0.338 e. The molecule has 28 heavy (non-hydrogen) atoms. The van der Waals surface area contributed by atoms with Crippen LogP contribution in [0.4, 0.5) is 27.5 Å². The Kier molecular flexibility index (Phi) is 5.11. The van der Waals surface area contributed by atoms with E-state index in [0.29, 0.717) is 0 Å². The molecule has 1 aromatic heterocycles. The van der Waals surface area contributed by atoms with Gasteiger partial charge in [-0.2, -0.15) is 0 Å². The molecule has 0 fully saturated rings. The van der Waals surface area contributed by atoms with E-state index in [0.717, 1.165) is 22.7 Å². The number of benzene rings is 3. The van der Waals surface area contributed by atoms with E-state index in [2.05, 4.69) is 4.98 Å². The van der Waals surface area contributed by atoms with Crippen molar-refractivity contribution in [2.75, 3.05) is 9.80 Å². The summed E-state index contributed by atoms with van der Waals surface area (Å²) in [5, 5.41) is 0. The molecule has 4 rings (SSSR count). The molecule has 1 heterocycles. The van der Waals surface area contributed by atoms with Gasteiger partial charge < -0.3 is 0 Å². The number of carbonyl (C=O) groups excluding carboxylic acids is 1. The maximum absolute atomic E-state index is 13.9. The Labute approximate surface area is 164 Å². The van der Waals surface area contributed by atoms with E-state index in [-0.39, 0.29) is 6.03 Å². The fourth-order valence-electron chi connectivity index (χ4n) is 3.06. The zero-order chi connectivity index (χ0) is 19.2. The van der Waals surface area contributed by atoms with Gasteiger partial charge in [-0.1, -0.05) is 54.6 Å². The highest BCUT2D eigenvalue weighted by Crippen LogP contribution is 2.32. The summed E-state index contributed by atoms with van der Waals surface area (Å²) in [6.45, 7) is 0. The summed E-state index contributed by atoms with van der Waals surface area (Å²) < 4.78 is 0. The quantitative estimate of drug-likeness (QED) is 0.433. The molecule has 0 spiro atoms. The van der Waals surface area contributed by atoms with Crippen molar-refractivity contribution in [2.45, 2.75) is 0 Å². The van der Waals surface area contributed by atoms with Crippen molar-refractivity contribution in [1.29, 1.82) is 0 Å². The Hall–Kier alpha value is -3.92. The fourth-order valence-corrected chi connectivity index (χ4v) is 3.06. The van der Waals surface area contributed by atoms with E-state index in [1.165, 1.54) is 0 Å². The van der Waals surface area contributed by atoms with Crippen molar-refractivity contribution in [3.05, 3.63) is 116 Å². The molecule has 0 saturated heterocycles. The van der Waals surface area contributed by atoms with Crippen molar-refractivity contribution in [3.63, 3.8) is 0 Å². The Morgan fingerprint density at radius 2 is 0.821 bits per heavy atom. The molecule has 0 radical (unpaired) electrons. The highest BCUT2D eigenvalue weighted by Gasteiger charge is 2.26. The van der Waals surface area contributed by atoms with Gasteiger partial charge in [-0.15, -0.1) is 0 Å². The number of nitrogens with zero attached hydrogens (tertiary/aromatic N) is 3. The van der Waals surface area contributed by atoms with Gasteiger partial charge in [0, 0.05) is 12.4 Å². The second-order valence-corrected chi connectivity index (χ2v) is 6.17. The van der Waals surface area contributed by atoms with Gasteiger partial charge in [0.25, 0.3) is 0 Å². The third kappa shape index (κ3) is 3.62. The molecule has 4 heteroatoms. The molecule has 0 aliphatic rings. The normalized spacial score (nSPS) is 10.3. The molecule has 0 aliphatic carbocycles. The molecule has 0 aliphatic heterocycles. The van der Waals surface area contributed by atoms with Gasteiger partial charge >= 0.3 is 6.03 Å². The van der Waals surface area contributed by atoms with E-state index in [1.54, 1.807) is 22.2 Å². The van der Waals surface area contributed by atoms with Crippen LogP contribution in [0.1, 0.15) is 0 Å². The second-order valence-electron chi connectivity index (χ2n) is 6.17. The van der Waals surface area contributed by atoms with Gasteiger partial charge in [0.15, 0.2) is 0 Å². The molecule has 0 unspecified atom stereocenters. The second kappa shape index (κ2) is 8.18. The number of aromatic nitrogens is 1. The van der Waals surface area contributed by atoms with E-state index in [1.807, 2.05) is 103 Å². The third-order valence-corrected chi connectivity index (χ3v) is 4.35. The average Bonchev–Trinajstić information content (AvgIpc) is 2.77. The van der Waals surface area contributed by atoms with Gasteiger partial charge in [-0.05, 0) is 48.5 Å². The number of carbonyl (C=O) groups is 1. The zero-order valence-electron chi connectivity index (χ0n) is 15.2. The predicted octanol–water partition coefficient (Wildman–Crippen LogP) is 6.18. The molecule has 136 valence electrons. The molecule has 0 N–H and O–H groups in total. The summed E-state index contributed by atoms with van der Waals surface area (Å²) >= 11 is 0. The van der Waals surface area contributed by atoms with Crippen LogP contribution >= 0.6 is 0 Å². The number of pyridine rings is 1. The van der Waals surface area contributed by atoms with Gasteiger partial charge in [0.2, 0.25) is 0 Å². The molecular weight excluding hydrogens is 346 g/mol. The minimum absolute atomic E-state index is 0.171. The van der Waals surface area contributed by atoms with Crippen LogP contribution in [0.2, 0.25) is 0 Å². The number of rotatable bonds is 4. The van der Waals surface area contributed by atoms with Gasteiger partial charge in [-0.3, -0.25) is 14.8 Å². The maximum Gasteiger partial charge on any atom is 0.338 e. The lowest BCUT2D eigenvalue weighted by Gasteiger charge is -2.31. The van der Waals surface area contributed by atoms with Crippen LogP contribution in [0.25, 0.3) is 0 Å². The Balaban J connectivity index is 1.85. The molecular formula is C24H19N3O. The lowest BCUT2D eigenvalue weighted by atomic mass is 10.2. The number of urea groups is 1. The number of hydrogen-bond acceptors (Lipinski definition) is 2. The van der Waals surface area contributed by atoms with Crippen molar-refractivity contribution >= 4 is 28.8 Å². The first kappa shape index (κ1) is 17.5. The van der Waals surface area contributed by atoms with E-state index in [4.69, 9.17) is 0 Å². The van der Waals surface area contributed by atoms with E-state index in [9.17, 15) is 4.79 Å². The van der Waals surface area contributed by atoms with Gasteiger partial charge in [0.1, 0.15) is 0 Å². The highest BCUT2D eigenvalue weighted by atomic mass is 16.2. The molecule has 4 nitrogen and oxygen atoms in total. The van der Waals surface area contributed by atoms with Crippen LogP contribution in [0.5, 0.6) is 0 Å². The number of amides is 2. The zero-order valence-corrected chi connectivity index (χ0v) is 15.2. The predicted molar refractivity (Wildman–Crippen MR) is 113 cm³/mol. The molecule has 4 aromatic rings. The minimum atomic E-state index is -0.171. The lowest BCUT2D eigenvalue weighted by Crippen LogP contribution is -2.38. The van der Waals surface area contributed by atoms with E-state index < -0.39 is 0 Å². The van der Waals surface area contributed by atoms with Crippen molar-refractivity contribution in [1.82, 2.24) is 4.98 Å². The summed E-state index contributed by atoms with van der Waals surface area (Å²) in [4.78, 5) is 21.4. The van der Waals surface area contributed by atoms with Crippen molar-refractivity contribution in [3.8, 4) is 0 Å². The molecule has 3 aromatic carbocycles. The summed E-state index contributed by atoms with van der Waals surface area (Å²) in [7, 11) is 0.